The number of hydrogen-bond acceptors (Lipinski definition) is 2. The standard InChI is InChI=1S/C12H24N2/c1-4-12(3)8-14(9-12)11-6-5-10(2)13-7-11/h10-11,13H,4-9H2,1-3H3. The molecule has 2 rings (SSSR count). The molecule has 2 heterocycles. The van der Waals surface area contributed by atoms with Gasteiger partial charge in [0.1, 0.15) is 0 Å². The number of hydrogen-bond donors (Lipinski definition) is 1. The van der Waals surface area contributed by atoms with E-state index >= 15 is 0 Å². The Hall–Kier alpha value is -0.0800. The minimum atomic E-state index is 0.628. The van der Waals surface area contributed by atoms with Crippen LogP contribution in [0, 0.1) is 5.41 Å². The van der Waals surface area contributed by atoms with Crippen molar-refractivity contribution < 1.29 is 0 Å². The summed E-state index contributed by atoms with van der Waals surface area (Å²) in [4.78, 5) is 2.67. The first-order valence-electron chi connectivity index (χ1n) is 6.10. The molecular weight excluding hydrogens is 172 g/mol. The predicted octanol–water partition coefficient (Wildman–Crippen LogP) is 1.86. The molecule has 2 aliphatic rings. The Balaban J connectivity index is 1.77. The first kappa shape index (κ1) is 10.4. The van der Waals surface area contributed by atoms with Crippen LogP contribution in [0.25, 0.3) is 0 Å². The van der Waals surface area contributed by atoms with E-state index in [0.717, 1.165) is 12.1 Å². The lowest BCUT2D eigenvalue weighted by atomic mass is 9.78. The highest BCUT2D eigenvalue weighted by Gasteiger charge is 2.40. The van der Waals surface area contributed by atoms with Crippen molar-refractivity contribution in [2.45, 2.75) is 52.1 Å². The van der Waals surface area contributed by atoms with Crippen LogP contribution >= 0.6 is 0 Å². The van der Waals surface area contributed by atoms with Gasteiger partial charge in [0.2, 0.25) is 0 Å². The highest BCUT2D eigenvalue weighted by Crippen LogP contribution is 2.35. The third kappa shape index (κ3) is 1.96. The number of likely N-dealkylation sites (tertiary alicyclic amines) is 1. The predicted molar refractivity (Wildman–Crippen MR) is 60.5 cm³/mol. The summed E-state index contributed by atoms with van der Waals surface area (Å²) < 4.78 is 0. The summed E-state index contributed by atoms with van der Waals surface area (Å²) in [5, 5.41) is 3.58. The second-order valence-corrected chi connectivity index (χ2v) is 5.61. The van der Waals surface area contributed by atoms with Crippen LogP contribution in [0.1, 0.15) is 40.0 Å². The van der Waals surface area contributed by atoms with Gasteiger partial charge < -0.3 is 5.32 Å². The molecule has 82 valence electrons. The highest BCUT2D eigenvalue weighted by atomic mass is 15.2. The van der Waals surface area contributed by atoms with E-state index in [0.29, 0.717) is 5.41 Å². The fraction of sp³-hybridized carbons (Fsp3) is 1.00. The molecule has 2 unspecified atom stereocenters. The van der Waals surface area contributed by atoms with Crippen molar-refractivity contribution in [2.24, 2.45) is 5.41 Å². The van der Waals surface area contributed by atoms with Gasteiger partial charge in [0.05, 0.1) is 0 Å². The van der Waals surface area contributed by atoms with E-state index in [9.17, 15) is 0 Å². The quantitative estimate of drug-likeness (QED) is 0.725. The fourth-order valence-corrected chi connectivity index (χ4v) is 2.71. The number of rotatable bonds is 2. The van der Waals surface area contributed by atoms with Crippen LogP contribution in [0.2, 0.25) is 0 Å². The maximum absolute atomic E-state index is 3.58. The molecule has 0 spiro atoms. The third-order valence-corrected chi connectivity index (χ3v) is 4.17. The molecule has 0 aromatic carbocycles. The molecule has 14 heavy (non-hydrogen) atoms. The van der Waals surface area contributed by atoms with Crippen molar-refractivity contribution in [3.8, 4) is 0 Å². The lowest BCUT2D eigenvalue weighted by molar-refractivity contribution is -0.0298. The van der Waals surface area contributed by atoms with Crippen molar-refractivity contribution >= 4 is 0 Å². The third-order valence-electron chi connectivity index (χ3n) is 4.17. The average molecular weight is 196 g/mol. The Morgan fingerprint density at radius 2 is 2.07 bits per heavy atom. The smallest absolute Gasteiger partial charge is 0.0221 e. The van der Waals surface area contributed by atoms with Crippen molar-refractivity contribution in [3.05, 3.63) is 0 Å². The average Bonchev–Trinajstić information content (AvgIpc) is 2.15. The van der Waals surface area contributed by atoms with Crippen LogP contribution < -0.4 is 5.32 Å². The van der Waals surface area contributed by atoms with Gasteiger partial charge in [-0.1, -0.05) is 13.8 Å². The molecule has 0 bridgehead atoms. The van der Waals surface area contributed by atoms with E-state index in [1.165, 1.54) is 38.9 Å². The molecular formula is C12H24N2. The van der Waals surface area contributed by atoms with Gasteiger partial charge in [-0.2, -0.15) is 0 Å². The van der Waals surface area contributed by atoms with Gasteiger partial charge in [0.15, 0.2) is 0 Å². The van der Waals surface area contributed by atoms with Crippen molar-refractivity contribution in [3.63, 3.8) is 0 Å². The summed E-state index contributed by atoms with van der Waals surface area (Å²) in [6.07, 6.45) is 4.08. The van der Waals surface area contributed by atoms with Gasteiger partial charge in [-0.05, 0) is 31.6 Å². The SMILES string of the molecule is CCC1(C)CN(C2CCC(C)NC2)C1. The second kappa shape index (κ2) is 3.82. The van der Waals surface area contributed by atoms with E-state index in [4.69, 9.17) is 0 Å². The molecule has 0 aromatic heterocycles. The topological polar surface area (TPSA) is 15.3 Å². The molecule has 2 heteroatoms. The normalized spacial score (nSPS) is 37.9. The van der Waals surface area contributed by atoms with Gasteiger partial charge in [-0.15, -0.1) is 0 Å². The molecule has 1 N–H and O–H groups in total. The summed E-state index contributed by atoms with van der Waals surface area (Å²) in [7, 11) is 0. The molecule has 2 fully saturated rings. The zero-order chi connectivity index (χ0) is 10.2. The van der Waals surface area contributed by atoms with Gasteiger partial charge in [-0.3, -0.25) is 4.90 Å². The first-order valence-corrected chi connectivity index (χ1v) is 6.10. The highest BCUT2D eigenvalue weighted by molar-refractivity contribution is 4.95. The Morgan fingerprint density at radius 1 is 1.36 bits per heavy atom. The summed E-state index contributed by atoms with van der Waals surface area (Å²) in [6.45, 7) is 10.9. The Bertz CT molecular complexity index is 188. The second-order valence-electron chi connectivity index (χ2n) is 5.61. The van der Waals surface area contributed by atoms with E-state index in [-0.39, 0.29) is 0 Å². The van der Waals surface area contributed by atoms with Crippen molar-refractivity contribution in [2.75, 3.05) is 19.6 Å². The molecule has 0 amide bonds. The first-order chi connectivity index (χ1) is 6.63. The molecule has 2 saturated heterocycles. The zero-order valence-corrected chi connectivity index (χ0v) is 9.84. The zero-order valence-electron chi connectivity index (χ0n) is 9.84. The van der Waals surface area contributed by atoms with Crippen LogP contribution in [0.4, 0.5) is 0 Å². The van der Waals surface area contributed by atoms with Crippen LogP contribution in [-0.2, 0) is 0 Å². The number of nitrogens with one attached hydrogen (secondary N) is 1. The summed E-state index contributed by atoms with van der Waals surface area (Å²) in [5.41, 5.74) is 0.628. The van der Waals surface area contributed by atoms with Crippen LogP contribution in [0.5, 0.6) is 0 Å². The van der Waals surface area contributed by atoms with Gasteiger partial charge in [0, 0.05) is 31.7 Å². The van der Waals surface area contributed by atoms with Gasteiger partial charge >= 0.3 is 0 Å². The lowest BCUT2D eigenvalue weighted by Crippen LogP contribution is -2.61. The number of piperidine rings is 1. The minimum absolute atomic E-state index is 0.628. The van der Waals surface area contributed by atoms with Crippen LogP contribution in [-0.4, -0.2) is 36.6 Å². The molecule has 2 aliphatic heterocycles. The van der Waals surface area contributed by atoms with E-state index in [1.54, 1.807) is 0 Å². The van der Waals surface area contributed by atoms with Crippen molar-refractivity contribution in [1.29, 1.82) is 0 Å². The Kier molecular flexibility index (Phi) is 2.85. The molecule has 2 atom stereocenters. The van der Waals surface area contributed by atoms with Crippen molar-refractivity contribution in [1.82, 2.24) is 10.2 Å². The molecule has 0 aliphatic carbocycles. The monoisotopic (exact) mass is 196 g/mol. The Labute approximate surface area is 88.1 Å². The molecule has 0 aromatic rings. The van der Waals surface area contributed by atoms with E-state index in [1.807, 2.05) is 0 Å². The molecule has 2 nitrogen and oxygen atoms in total. The Morgan fingerprint density at radius 3 is 2.57 bits per heavy atom. The van der Waals surface area contributed by atoms with Gasteiger partial charge in [0.25, 0.3) is 0 Å². The summed E-state index contributed by atoms with van der Waals surface area (Å²) in [6, 6.07) is 1.57. The maximum atomic E-state index is 3.58. The van der Waals surface area contributed by atoms with Gasteiger partial charge in [-0.25, -0.2) is 0 Å². The largest absolute Gasteiger partial charge is 0.313 e. The lowest BCUT2D eigenvalue weighted by Gasteiger charge is -2.52. The molecule has 0 radical (unpaired) electrons. The van der Waals surface area contributed by atoms with Crippen LogP contribution in [0.3, 0.4) is 0 Å². The fourth-order valence-electron chi connectivity index (χ4n) is 2.71. The van der Waals surface area contributed by atoms with Crippen LogP contribution in [0.15, 0.2) is 0 Å². The molecule has 0 saturated carbocycles. The minimum Gasteiger partial charge on any atom is -0.313 e. The van der Waals surface area contributed by atoms with E-state index < -0.39 is 0 Å². The maximum Gasteiger partial charge on any atom is 0.0221 e. The summed E-state index contributed by atoms with van der Waals surface area (Å²) >= 11 is 0. The summed E-state index contributed by atoms with van der Waals surface area (Å²) in [5.74, 6) is 0. The number of nitrogens with zero attached hydrogens (tertiary/aromatic N) is 1. The van der Waals surface area contributed by atoms with E-state index in [2.05, 4.69) is 31.0 Å².